The van der Waals surface area contributed by atoms with Crippen molar-refractivity contribution in [2.45, 2.75) is 83.2 Å². The number of hydrogen-bond acceptors (Lipinski definition) is 2. The summed E-state index contributed by atoms with van der Waals surface area (Å²) in [5, 5.41) is 0. The largest absolute Gasteiger partial charge is 0.329 e. The predicted molar refractivity (Wildman–Crippen MR) is 76.2 cm³/mol. The molecule has 0 spiro atoms. The van der Waals surface area contributed by atoms with Crippen LogP contribution in [0.15, 0.2) is 0 Å². The van der Waals surface area contributed by atoms with Gasteiger partial charge >= 0.3 is 0 Å². The zero-order valence-corrected chi connectivity index (χ0v) is 12.0. The van der Waals surface area contributed by atoms with Crippen molar-refractivity contribution in [3.8, 4) is 0 Å². The Morgan fingerprint density at radius 2 is 1.65 bits per heavy atom. The van der Waals surface area contributed by atoms with E-state index in [1.165, 1.54) is 64.2 Å². The van der Waals surface area contributed by atoms with Gasteiger partial charge < -0.3 is 5.73 Å². The van der Waals surface area contributed by atoms with Gasteiger partial charge in [-0.3, -0.25) is 4.90 Å². The molecule has 0 radical (unpaired) electrons. The quantitative estimate of drug-likeness (QED) is 0.560. The maximum Gasteiger partial charge on any atom is 0.0218 e. The molecule has 0 aliphatic heterocycles. The van der Waals surface area contributed by atoms with Gasteiger partial charge in [0.25, 0.3) is 0 Å². The van der Waals surface area contributed by atoms with Crippen LogP contribution in [0, 0.1) is 0 Å². The van der Waals surface area contributed by atoms with Crippen LogP contribution in [-0.4, -0.2) is 30.6 Å². The molecule has 0 amide bonds. The molecule has 0 heterocycles. The van der Waals surface area contributed by atoms with Crippen molar-refractivity contribution >= 4 is 0 Å². The monoisotopic (exact) mass is 240 g/mol. The Morgan fingerprint density at radius 3 is 2.18 bits per heavy atom. The highest BCUT2D eigenvalue weighted by Crippen LogP contribution is 2.28. The van der Waals surface area contributed by atoms with Gasteiger partial charge in [-0.05, 0) is 26.3 Å². The minimum atomic E-state index is 0.637. The Labute approximate surface area is 108 Å². The summed E-state index contributed by atoms with van der Waals surface area (Å²) in [6, 6.07) is 1.49. The van der Waals surface area contributed by atoms with Gasteiger partial charge in [0.15, 0.2) is 0 Å². The first-order valence-corrected chi connectivity index (χ1v) is 7.71. The molecule has 0 aromatic rings. The molecule has 2 heteroatoms. The number of likely N-dealkylation sites (N-methyl/N-ethyl adjacent to an activating group) is 1. The smallest absolute Gasteiger partial charge is 0.0218 e. The number of nitrogens with two attached hydrogens (primary N) is 1. The second-order valence-electron chi connectivity index (χ2n) is 5.70. The van der Waals surface area contributed by atoms with Crippen LogP contribution >= 0.6 is 0 Å². The Balaban J connectivity index is 1.95. The summed E-state index contributed by atoms with van der Waals surface area (Å²) >= 11 is 0. The van der Waals surface area contributed by atoms with Crippen LogP contribution in [0.5, 0.6) is 0 Å². The van der Waals surface area contributed by atoms with Crippen LogP contribution in [0.2, 0.25) is 0 Å². The van der Waals surface area contributed by atoms with Crippen LogP contribution < -0.4 is 5.73 Å². The molecule has 1 rings (SSSR count). The Kier molecular flexibility index (Phi) is 7.87. The van der Waals surface area contributed by atoms with E-state index in [0.717, 1.165) is 12.6 Å². The lowest BCUT2D eigenvalue weighted by Gasteiger charge is -2.26. The molecule has 1 aliphatic rings. The van der Waals surface area contributed by atoms with Gasteiger partial charge in [-0.1, -0.05) is 51.9 Å². The maximum absolute atomic E-state index is 5.88. The average molecular weight is 240 g/mol. The van der Waals surface area contributed by atoms with E-state index in [-0.39, 0.29) is 0 Å². The molecule has 1 unspecified atom stereocenters. The lowest BCUT2D eigenvalue weighted by Crippen LogP contribution is -2.39. The molecule has 102 valence electrons. The first-order chi connectivity index (χ1) is 8.29. The third-order valence-corrected chi connectivity index (χ3v) is 4.11. The number of nitrogens with zero attached hydrogens (tertiary/aromatic N) is 1. The molecule has 1 saturated carbocycles. The summed E-state index contributed by atoms with van der Waals surface area (Å²) in [6.45, 7) is 3.11. The highest BCUT2D eigenvalue weighted by molar-refractivity contribution is 4.86. The molecule has 1 atom stereocenters. The second-order valence-corrected chi connectivity index (χ2v) is 5.70. The minimum absolute atomic E-state index is 0.637. The fraction of sp³-hybridized carbons (Fsp3) is 1.00. The average Bonchev–Trinajstić information content (AvgIpc) is 3.16. The van der Waals surface area contributed by atoms with Gasteiger partial charge in [-0.15, -0.1) is 0 Å². The van der Waals surface area contributed by atoms with E-state index in [1.54, 1.807) is 0 Å². The van der Waals surface area contributed by atoms with Gasteiger partial charge in [0.1, 0.15) is 0 Å². The van der Waals surface area contributed by atoms with Crippen LogP contribution in [0.1, 0.15) is 71.1 Å². The summed E-state index contributed by atoms with van der Waals surface area (Å²) < 4.78 is 0. The summed E-state index contributed by atoms with van der Waals surface area (Å²) in [7, 11) is 2.26. The highest BCUT2D eigenvalue weighted by atomic mass is 15.2. The van der Waals surface area contributed by atoms with Crippen LogP contribution in [0.4, 0.5) is 0 Å². The zero-order chi connectivity index (χ0) is 12.5. The zero-order valence-electron chi connectivity index (χ0n) is 12.0. The van der Waals surface area contributed by atoms with E-state index in [2.05, 4.69) is 18.9 Å². The van der Waals surface area contributed by atoms with Crippen molar-refractivity contribution in [2.75, 3.05) is 13.6 Å². The second kappa shape index (κ2) is 8.93. The third-order valence-electron chi connectivity index (χ3n) is 4.11. The minimum Gasteiger partial charge on any atom is -0.329 e. The van der Waals surface area contributed by atoms with E-state index in [1.807, 2.05) is 0 Å². The molecule has 0 aromatic carbocycles. The van der Waals surface area contributed by atoms with E-state index in [4.69, 9.17) is 5.73 Å². The van der Waals surface area contributed by atoms with Crippen molar-refractivity contribution in [1.29, 1.82) is 0 Å². The normalized spacial score (nSPS) is 17.6. The molecule has 0 aromatic heterocycles. The number of hydrogen-bond donors (Lipinski definition) is 1. The fourth-order valence-corrected chi connectivity index (χ4v) is 2.60. The third kappa shape index (κ3) is 6.42. The first kappa shape index (κ1) is 15.0. The van der Waals surface area contributed by atoms with E-state index in [9.17, 15) is 0 Å². The van der Waals surface area contributed by atoms with Crippen molar-refractivity contribution < 1.29 is 0 Å². The van der Waals surface area contributed by atoms with E-state index < -0.39 is 0 Å². The summed E-state index contributed by atoms with van der Waals surface area (Å²) in [6.07, 6.45) is 13.9. The first-order valence-electron chi connectivity index (χ1n) is 7.71. The molecule has 2 nitrogen and oxygen atoms in total. The summed E-state index contributed by atoms with van der Waals surface area (Å²) in [5.41, 5.74) is 5.88. The molecule has 2 N–H and O–H groups in total. The summed E-state index contributed by atoms with van der Waals surface area (Å²) in [4.78, 5) is 2.52. The van der Waals surface area contributed by atoms with Crippen molar-refractivity contribution in [1.82, 2.24) is 4.90 Å². The standard InChI is InChI=1S/C15H32N2/c1-3-4-5-6-7-8-9-10-15(13-16)17(2)14-11-12-14/h14-15H,3-13,16H2,1-2H3. The van der Waals surface area contributed by atoms with Crippen molar-refractivity contribution in [2.24, 2.45) is 5.73 Å². The highest BCUT2D eigenvalue weighted by Gasteiger charge is 2.29. The molecule has 1 aliphatic carbocycles. The Morgan fingerprint density at radius 1 is 1.06 bits per heavy atom. The predicted octanol–water partition coefficient (Wildman–Crippen LogP) is 3.55. The van der Waals surface area contributed by atoms with E-state index in [0.29, 0.717) is 6.04 Å². The van der Waals surface area contributed by atoms with Gasteiger partial charge in [-0.25, -0.2) is 0 Å². The van der Waals surface area contributed by atoms with Gasteiger partial charge in [0.2, 0.25) is 0 Å². The maximum atomic E-state index is 5.88. The number of rotatable bonds is 11. The lowest BCUT2D eigenvalue weighted by molar-refractivity contribution is 0.221. The van der Waals surface area contributed by atoms with Crippen LogP contribution in [0.3, 0.4) is 0 Å². The molecule has 17 heavy (non-hydrogen) atoms. The van der Waals surface area contributed by atoms with Crippen molar-refractivity contribution in [3.05, 3.63) is 0 Å². The van der Waals surface area contributed by atoms with E-state index >= 15 is 0 Å². The Hall–Kier alpha value is -0.0800. The molecule has 1 fully saturated rings. The van der Waals surface area contributed by atoms with Crippen LogP contribution in [-0.2, 0) is 0 Å². The SMILES string of the molecule is CCCCCCCCCC(CN)N(C)C1CC1. The number of unbranched alkanes of at least 4 members (excludes halogenated alkanes) is 6. The molecule has 0 saturated heterocycles. The van der Waals surface area contributed by atoms with Gasteiger partial charge in [-0.2, -0.15) is 0 Å². The topological polar surface area (TPSA) is 29.3 Å². The van der Waals surface area contributed by atoms with Crippen LogP contribution in [0.25, 0.3) is 0 Å². The lowest BCUT2D eigenvalue weighted by atomic mass is 10.0. The van der Waals surface area contributed by atoms with Gasteiger partial charge in [0.05, 0.1) is 0 Å². The molecule has 0 bridgehead atoms. The molecular weight excluding hydrogens is 208 g/mol. The van der Waals surface area contributed by atoms with Gasteiger partial charge in [0, 0.05) is 18.6 Å². The Bertz CT molecular complexity index is 178. The molecular formula is C15H32N2. The fourth-order valence-electron chi connectivity index (χ4n) is 2.60. The summed E-state index contributed by atoms with van der Waals surface area (Å²) in [5.74, 6) is 0. The van der Waals surface area contributed by atoms with Crippen molar-refractivity contribution in [3.63, 3.8) is 0 Å².